The summed E-state index contributed by atoms with van der Waals surface area (Å²) in [5, 5.41) is 6.90. The van der Waals surface area contributed by atoms with E-state index < -0.39 is 0 Å². The maximum Gasteiger partial charge on any atom is 0.223 e. The zero-order valence-corrected chi connectivity index (χ0v) is 18.0. The summed E-state index contributed by atoms with van der Waals surface area (Å²) < 4.78 is 5.52. The average Bonchev–Trinajstić information content (AvgIpc) is 3.42. The van der Waals surface area contributed by atoms with Crippen LogP contribution in [0.15, 0.2) is 35.3 Å². The maximum atomic E-state index is 12.4. The van der Waals surface area contributed by atoms with E-state index in [1.54, 1.807) is 7.05 Å². The minimum absolute atomic E-state index is 0.267. The van der Waals surface area contributed by atoms with Crippen LogP contribution in [0.1, 0.15) is 38.2 Å². The lowest BCUT2D eigenvalue weighted by atomic mass is 10.0. The SMILES string of the molecule is CCOCCC1(CNC(=NC)NCC2CC(=O)N(CCc3ccccc3)C2)CC1. The van der Waals surface area contributed by atoms with Crippen molar-refractivity contribution in [1.29, 1.82) is 0 Å². The summed E-state index contributed by atoms with van der Waals surface area (Å²) in [6, 6.07) is 10.4. The molecule has 29 heavy (non-hydrogen) atoms. The second-order valence-corrected chi connectivity index (χ2v) is 8.40. The number of likely N-dealkylation sites (tertiary alicyclic amines) is 1. The molecule has 2 aliphatic rings. The minimum atomic E-state index is 0.267. The molecule has 1 atom stereocenters. The monoisotopic (exact) mass is 400 g/mol. The van der Waals surface area contributed by atoms with E-state index in [1.165, 1.54) is 18.4 Å². The van der Waals surface area contributed by atoms with Crippen LogP contribution < -0.4 is 10.6 Å². The summed E-state index contributed by atoms with van der Waals surface area (Å²) in [6.07, 6.45) is 5.17. The number of amides is 1. The van der Waals surface area contributed by atoms with E-state index in [4.69, 9.17) is 4.74 Å². The first-order valence-electron chi connectivity index (χ1n) is 11.0. The molecule has 0 spiro atoms. The van der Waals surface area contributed by atoms with Gasteiger partial charge < -0.3 is 20.3 Å². The van der Waals surface area contributed by atoms with Gasteiger partial charge in [-0.3, -0.25) is 9.79 Å². The smallest absolute Gasteiger partial charge is 0.223 e. The van der Waals surface area contributed by atoms with Crippen molar-refractivity contribution in [2.45, 2.75) is 39.0 Å². The van der Waals surface area contributed by atoms with E-state index in [0.717, 1.165) is 58.2 Å². The number of carbonyl (C=O) groups excluding carboxylic acids is 1. The number of aliphatic imine (C=N–C) groups is 1. The summed E-state index contributed by atoms with van der Waals surface area (Å²) >= 11 is 0. The van der Waals surface area contributed by atoms with Crippen LogP contribution in [-0.2, 0) is 16.0 Å². The lowest BCUT2D eigenvalue weighted by Crippen LogP contribution is -2.42. The van der Waals surface area contributed by atoms with Crippen LogP contribution in [0.2, 0.25) is 0 Å². The zero-order valence-electron chi connectivity index (χ0n) is 18.0. The van der Waals surface area contributed by atoms with Crippen molar-refractivity contribution in [3.05, 3.63) is 35.9 Å². The Kier molecular flexibility index (Phi) is 7.92. The van der Waals surface area contributed by atoms with Gasteiger partial charge in [-0.1, -0.05) is 30.3 Å². The minimum Gasteiger partial charge on any atom is -0.382 e. The van der Waals surface area contributed by atoms with E-state index in [0.29, 0.717) is 17.8 Å². The standard InChI is InChI=1S/C23H36N4O2/c1-3-29-14-12-23(10-11-23)18-26-22(24-2)25-16-20-15-21(28)27(17-20)13-9-19-7-5-4-6-8-19/h4-8,20H,3,9-18H2,1-2H3,(H2,24,25,26). The molecule has 1 saturated carbocycles. The van der Waals surface area contributed by atoms with Crippen molar-refractivity contribution in [1.82, 2.24) is 15.5 Å². The fourth-order valence-electron chi connectivity index (χ4n) is 3.97. The van der Waals surface area contributed by atoms with Gasteiger partial charge in [0.05, 0.1) is 0 Å². The number of benzene rings is 1. The quantitative estimate of drug-likeness (QED) is 0.340. The molecule has 0 aromatic heterocycles. The van der Waals surface area contributed by atoms with E-state index in [-0.39, 0.29) is 5.91 Å². The maximum absolute atomic E-state index is 12.4. The van der Waals surface area contributed by atoms with Gasteiger partial charge in [-0.05, 0) is 43.6 Å². The highest BCUT2D eigenvalue weighted by Crippen LogP contribution is 2.48. The predicted octanol–water partition coefficient (Wildman–Crippen LogP) is 2.45. The highest BCUT2D eigenvalue weighted by Gasteiger charge is 2.42. The van der Waals surface area contributed by atoms with Gasteiger partial charge in [0, 0.05) is 58.8 Å². The summed E-state index contributed by atoms with van der Waals surface area (Å²) in [5.41, 5.74) is 1.66. The summed E-state index contributed by atoms with van der Waals surface area (Å²) in [5.74, 6) is 1.44. The normalized spacial score (nSPS) is 20.8. The van der Waals surface area contributed by atoms with Crippen molar-refractivity contribution in [2.24, 2.45) is 16.3 Å². The first-order valence-corrected chi connectivity index (χ1v) is 11.0. The predicted molar refractivity (Wildman–Crippen MR) is 117 cm³/mol. The highest BCUT2D eigenvalue weighted by atomic mass is 16.5. The molecule has 1 heterocycles. The Morgan fingerprint density at radius 1 is 1.28 bits per heavy atom. The van der Waals surface area contributed by atoms with E-state index in [2.05, 4.69) is 39.9 Å². The molecule has 1 aromatic carbocycles. The fraction of sp³-hybridized carbons (Fsp3) is 0.652. The topological polar surface area (TPSA) is 66.0 Å². The second kappa shape index (κ2) is 10.6. The van der Waals surface area contributed by atoms with Gasteiger partial charge in [-0.25, -0.2) is 0 Å². The van der Waals surface area contributed by atoms with Crippen LogP contribution in [-0.4, -0.2) is 63.2 Å². The van der Waals surface area contributed by atoms with Crippen molar-refractivity contribution < 1.29 is 9.53 Å². The first kappa shape index (κ1) is 21.6. The van der Waals surface area contributed by atoms with Gasteiger partial charge in [0.2, 0.25) is 5.91 Å². The molecule has 0 bridgehead atoms. The molecule has 0 radical (unpaired) electrons. The van der Waals surface area contributed by atoms with Gasteiger partial charge in [0.1, 0.15) is 0 Å². The lowest BCUT2D eigenvalue weighted by molar-refractivity contribution is -0.127. The summed E-state index contributed by atoms with van der Waals surface area (Å²) in [6.45, 7) is 7.01. The van der Waals surface area contributed by atoms with Crippen LogP contribution in [0.5, 0.6) is 0 Å². The lowest BCUT2D eigenvalue weighted by Gasteiger charge is -2.20. The Bertz CT molecular complexity index is 673. The number of guanidine groups is 1. The number of ether oxygens (including phenoxy) is 1. The Morgan fingerprint density at radius 2 is 2.07 bits per heavy atom. The third kappa shape index (κ3) is 6.74. The number of carbonyl (C=O) groups is 1. The van der Waals surface area contributed by atoms with Crippen molar-refractivity contribution in [3.8, 4) is 0 Å². The van der Waals surface area contributed by atoms with Crippen LogP contribution in [0.4, 0.5) is 0 Å². The number of hydrogen-bond donors (Lipinski definition) is 2. The zero-order chi connectivity index (χ0) is 20.5. The van der Waals surface area contributed by atoms with Gasteiger partial charge in [0.25, 0.3) is 0 Å². The second-order valence-electron chi connectivity index (χ2n) is 8.40. The molecule has 1 aliphatic heterocycles. The molecule has 6 nitrogen and oxygen atoms in total. The molecule has 1 amide bonds. The van der Waals surface area contributed by atoms with Crippen LogP contribution in [0, 0.1) is 11.3 Å². The number of nitrogens with zero attached hydrogens (tertiary/aromatic N) is 2. The Balaban J connectivity index is 1.36. The van der Waals surface area contributed by atoms with Crippen LogP contribution >= 0.6 is 0 Å². The molecule has 1 aromatic rings. The molecule has 1 unspecified atom stereocenters. The van der Waals surface area contributed by atoms with E-state index >= 15 is 0 Å². The molecule has 160 valence electrons. The molecule has 1 aliphatic carbocycles. The van der Waals surface area contributed by atoms with Crippen LogP contribution in [0.3, 0.4) is 0 Å². The molecule has 2 fully saturated rings. The first-order chi connectivity index (χ1) is 14.1. The Hall–Kier alpha value is -2.08. The van der Waals surface area contributed by atoms with Crippen LogP contribution in [0.25, 0.3) is 0 Å². The van der Waals surface area contributed by atoms with E-state index in [9.17, 15) is 4.79 Å². The molecular weight excluding hydrogens is 364 g/mol. The van der Waals surface area contributed by atoms with Crippen molar-refractivity contribution in [2.75, 3.05) is 46.4 Å². The fourth-order valence-corrected chi connectivity index (χ4v) is 3.97. The van der Waals surface area contributed by atoms with Gasteiger partial charge in [0.15, 0.2) is 5.96 Å². The molecule has 2 N–H and O–H groups in total. The number of nitrogens with one attached hydrogen (secondary N) is 2. The largest absolute Gasteiger partial charge is 0.382 e. The molecular formula is C23H36N4O2. The third-order valence-corrected chi connectivity index (χ3v) is 6.16. The van der Waals surface area contributed by atoms with Crippen molar-refractivity contribution >= 4 is 11.9 Å². The average molecular weight is 401 g/mol. The molecule has 6 heteroatoms. The number of hydrogen-bond acceptors (Lipinski definition) is 3. The summed E-state index contributed by atoms with van der Waals surface area (Å²) in [7, 11) is 1.81. The Labute approximate surface area is 175 Å². The molecule has 1 saturated heterocycles. The van der Waals surface area contributed by atoms with Gasteiger partial charge in [-0.15, -0.1) is 0 Å². The summed E-state index contributed by atoms with van der Waals surface area (Å²) in [4.78, 5) is 18.7. The van der Waals surface area contributed by atoms with Gasteiger partial charge >= 0.3 is 0 Å². The molecule has 3 rings (SSSR count). The van der Waals surface area contributed by atoms with Crippen molar-refractivity contribution in [3.63, 3.8) is 0 Å². The highest BCUT2D eigenvalue weighted by molar-refractivity contribution is 5.81. The Morgan fingerprint density at radius 3 is 2.76 bits per heavy atom. The van der Waals surface area contributed by atoms with E-state index in [1.807, 2.05) is 17.9 Å². The number of rotatable bonds is 11. The third-order valence-electron chi connectivity index (χ3n) is 6.16. The van der Waals surface area contributed by atoms with Gasteiger partial charge in [-0.2, -0.15) is 0 Å².